The van der Waals surface area contributed by atoms with E-state index in [1.807, 2.05) is 18.2 Å². The largest absolute Gasteiger partial charge is 0.366 e. The fraction of sp³-hybridized carbons (Fsp3) is 0.222. The van der Waals surface area contributed by atoms with E-state index in [1.165, 1.54) is 32.7 Å². The first-order chi connectivity index (χ1) is 14.8. The Hall–Kier alpha value is -2.69. The highest BCUT2D eigenvalue weighted by Crippen LogP contribution is 2.35. The SMILES string of the molecule is Cc1ccc(Cn2c(CSc3c(C)cc(C)cc3C)c(C(N)=O)c3ccccc32)cc1.Cl. The standard InChI is InChI=1S/C27H28N2OS.ClH/c1-17-9-11-21(12-10-17)15-29-23-8-6-5-7-22(23)25(27(28)30)24(29)16-31-26-19(3)13-18(2)14-20(26)4;/h5-14H,15-16H2,1-4H3,(H2,28,30);1H. The van der Waals surface area contributed by atoms with Gasteiger partial charge in [0.05, 0.1) is 5.56 Å². The number of thioether (sulfide) groups is 1. The minimum Gasteiger partial charge on any atom is -0.366 e. The average Bonchev–Trinajstić information content (AvgIpc) is 3.02. The topological polar surface area (TPSA) is 48.0 Å². The lowest BCUT2D eigenvalue weighted by atomic mass is 10.1. The molecule has 3 aromatic carbocycles. The highest BCUT2D eigenvalue weighted by atomic mass is 35.5. The van der Waals surface area contributed by atoms with E-state index >= 15 is 0 Å². The van der Waals surface area contributed by atoms with Crippen LogP contribution >= 0.6 is 24.2 Å². The van der Waals surface area contributed by atoms with Crippen molar-refractivity contribution < 1.29 is 4.79 Å². The number of nitrogens with two attached hydrogens (primary N) is 1. The lowest BCUT2D eigenvalue weighted by Gasteiger charge is -2.15. The van der Waals surface area contributed by atoms with Gasteiger partial charge in [-0.3, -0.25) is 4.79 Å². The molecule has 0 atom stereocenters. The third kappa shape index (κ3) is 4.72. The van der Waals surface area contributed by atoms with Gasteiger partial charge in [0.25, 0.3) is 5.91 Å². The summed E-state index contributed by atoms with van der Waals surface area (Å²) < 4.78 is 2.26. The third-order valence-electron chi connectivity index (χ3n) is 5.74. The molecule has 0 unspecified atom stereocenters. The molecule has 0 aliphatic carbocycles. The fourth-order valence-electron chi connectivity index (χ4n) is 4.37. The van der Waals surface area contributed by atoms with Gasteiger partial charge in [-0.25, -0.2) is 0 Å². The van der Waals surface area contributed by atoms with Crippen LogP contribution in [-0.4, -0.2) is 10.5 Å². The molecule has 0 bridgehead atoms. The van der Waals surface area contributed by atoms with Gasteiger partial charge in [0.15, 0.2) is 0 Å². The van der Waals surface area contributed by atoms with Crippen LogP contribution in [0.3, 0.4) is 0 Å². The van der Waals surface area contributed by atoms with E-state index in [0.29, 0.717) is 17.9 Å². The van der Waals surface area contributed by atoms with Crippen LogP contribution in [0.15, 0.2) is 65.6 Å². The second-order valence-electron chi connectivity index (χ2n) is 8.29. The highest BCUT2D eigenvalue weighted by Gasteiger charge is 2.21. The average molecular weight is 465 g/mol. The van der Waals surface area contributed by atoms with Gasteiger partial charge in [0.2, 0.25) is 0 Å². The van der Waals surface area contributed by atoms with Crippen molar-refractivity contribution in [1.29, 1.82) is 0 Å². The zero-order valence-corrected chi connectivity index (χ0v) is 20.6. The zero-order valence-electron chi connectivity index (χ0n) is 18.9. The maximum absolute atomic E-state index is 12.5. The molecule has 2 N–H and O–H groups in total. The quantitative estimate of drug-likeness (QED) is 0.321. The molecule has 0 saturated carbocycles. The summed E-state index contributed by atoms with van der Waals surface area (Å²) in [6.07, 6.45) is 0. The Labute approximate surface area is 200 Å². The molecule has 1 aromatic heterocycles. The van der Waals surface area contributed by atoms with Gasteiger partial charge < -0.3 is 10.3 Å². The van der Waals surface area contributed by atoms with Crippen molar-refractivity contribution in [1.82, 2.24) is 4.57 Å². The van der Waals surface area contributed by atoms with Crippen LogP contribution in [0.5, 0.6) is 0 Å². The van der Waals surface area contributed by atoms with E-state index in [9.17, 15) is 4.79 Å². The van der Waals surface area contributed by atoms with Gasteiger partial charge >= 0.3 is 0 Å². The van der Waals surface area contributed by atoms with Crippen LogP contribution in [0, 0.1) is 27.7 Å². The van der Waals surface area contributed by atoms with Crippen molar-refractivity contribution >= 4 is 41.0 Å². The van der Waals surface area contributed by atoms with Gasteiger partial charge in [-0.05, 0) is 50.5 Å². The number of aromatic nitrogens is 1. The summed E-state index contributed by atoms with van der Waals surface area (Å²) in [7, 11) is 0. The number of hydrogen-bond donors (Lipinski definition) is 1. The number of carbonyl (C=O) groups is 1. The molecular formula is C27H29ClN2OS. The summed E-state index contributed by atoms with van der Waals surface area (Å²) >= 11 is 1.78. The van der Waals surface area contributed by atoms with E-state index in [2.05, 4.69) is 74.7 Å². The summed E-state index contributed by atoms with van der Waals surface area (Å²) in [5.41, 5.74) is 14.8. The Morgan fingerprint density at radius 1 is 0.906 bits per heavy atom. The Bertz CT molecular complexity index is 1250. The van der Waals surface area contributed by atoms with Gasteiger partial charge in [0.1, 0.15) is 0 Å². The number of hydrogen-bond acceptors (Lipinski definition) is 2. The van der Waals surface area contributed by atoms with Gasteiger partial charge in [-0.15, -0.1) is 24.2 Å². The molecule has 5 heteroatoms. The number of rotatable bonds is 6. The number of aryl methyl sites for hydroxylation is 4. The number of amides is 1. The third-order valence-corrected chi connectivity index (χ3v) is 7.09. The Kier molecular flexibility index (Phi) is 7.37. The predicted octanol–water partition coefficient (Wildman–Crippen LogP) is 6.74. The lowest BCUT2D eigenvalue weighted by molar-refractivity contribution is 0.100. The van der Waals surface area contributed by atoms with E-state index in [4.69, 9.17) is 5.73 Å². The van der Waals surface area contributed by atoms with E-state index in [-0.39, 0.29) is 18.3 Å². The summed E-state index contributed by atoms with van der Waals surface area (Å²) in [6, 6.07) is 21.0. The number of carbonyl (C=O) groups excluding carboxylic acids is 1. The Morgan fingerprint density at radius 2 is 1.53 bits per heavy atom. The molecule has 0 saturated heterocycles. The molecule has 0 fully saturated rings. The van der Waals surface area contributed by atoms with Crippen LogP contribution < -0.4 is 5.73 Å². The number of primary amides is 1. The smallest absolute Gasteiger partial charge is 0.251 e. The summed E-state index contributed by atoms with van der Waals surface area (Å²) in [5, 5.41) is 0.926. The molecule has 1 amide bonds. The number of fused-ring (bicyclic) bond motifs is 1. The highest BCUT2D eigenvalue weighted by molar-refractivity contribution is 7.98. The molecular weight excluding hydrogens is 436 g/mol. The van der Waals surface area contributed by atoms with Crippen molar-refractivity contribution in [2.45, 2.75) is 44.9 Å². The second kappa shape index (κ2) is 9.85. The van der Waals surface area contributed by atoms with E-state index in [1.54, 1.807) is 11.8 Å². The van der Waals surface area contributed by atoms with Crippen molar-refractivity contribution in [2.24, 2.45) is 5.73 Å². The molecule has 1 heterocycles. The fourth-order valence-corrected chi connectivity index (χ4v) is 5.53. The molecule has 0 spiro atoms. The summed E-state index contributed by atoms with van der Waals surface area (Å²) in [6.45, 7) is 9.22. The number of benzene rings is 3. The van der Waals surface area contributed by atoms with Crippen molar-refractivity contribution in [3.8, 4) is 0 Å². The number of nitrogens with zero attached hydrogens (tertiary/aromatic N) is 1. The first kappa shape index (κ1) is 24.0. The number of para-hydroxylation sites is 1. The van der Waals surface area contributed by atoms with Crippen molar-refractivity contribution in [3.63, 3.8) is 0 Å². The first-order valence-electron chi connectivity index (χ1n) is 10.5. The number of halogens is 1. The molecule has 0 radical (unpaired) electrons. The van der Waals surface area contributed by atoms with Crippen LogP contribution in [0.2, 0.25) is 0 Å². The predicted molar refractivity (Wildman–Crippen MR) is 138 cm³/mol. The van der Waals surface area contributed by atoms with Crippen molar-refractivity contribution in [2.75, 3.05) is 0 Å². The maximum atomic E-state index is 12.5. The van der Waals surface area contributed by atoms with Crippen molar-refractivity contribution in [3.05, 3.63) is 99.7 Å². The Balaban J connectivity index is 0.00000289. The van der Waals surface area contributed by atoms with Crippen LogP contribution in [0.25, 0.3) is 10.9 Å². The molecule has 166 valence electrons. The molecule has 4 aromatic rings. The minimum absolute atomic E-state index is 0. The van der Waals surface area contributed by atoms with E-state index < -0.39 is 0 Å². The van der Waals surface area contributed by atoms with Gasteiger partial charge in [-0.2, -0.15) is 0 Å². The van der Waals surface area contributed by atoms with E-state index in [0.717, 1.165) is 16.6 Å². The zero-order chi connectivity index (χ0) is 22.1. The molecule has 0 aliphatic heterocycles. The molecule has 4 rings (SSSR count). The van der Waals surface area contributed by atoms with Gasteiger partial charge in [-0.1, -0.05) is 65.7 Å². The second-order valence-corrected chi connectivity index (χ2v) is 9.28. The maximum Gasteiger partial charge on any atom is 0.251 e. The summed E-state index contributed by atoms with van der Waals surface area (Å²) in [4.78, 5) is 13.8. The monoisotopic (exact) mass is 464 g/mol. The molecule has 3 nitrogen and oxygen atoms in total. The minimum atomic E-state index is -0.369. The Morgan fingerprint density at radius 3 is 2.16 bits per heavy atom. The first-order valence-corrected chi connectivity index (χ1v) is 11.5. The van der Waals surface area contributed by atoms with Crippen LogP contribution in [-0.2, 0) is 12.3 Å². The van der Waals surface area contributed by atoms with Crippen LogP contribution in [0.1, 0.15) is 43.9 Å². The summed E-state index contributed by atoms with van der Waals surface area (Å²) in [5.74, 6) is 0.315. The molecule has 32 heavy (non-hydrogen) atoms. The molecule has 0 aliphatic rings. The van der Waals surface area contributed by atoms with Crippen LogP contribution in [0.4, 0.5) is 0 Å². The lowest BCUT2D eigenvalue weighted by Crippen LogP contribution is -2.14. The normalized spacial score (nSPS) is 10.9. The van der Waals surface area contributed by atoms with Gasteiger partial charge in [0, 0.05) is 33.8 Å².